The number of carboxylic acid groups (broad SMARTS) is 1. The minimum atomic E-state index is -1.17. The topological polar surface area (TPSA) is 52.6 Å². The third-order valence-corrected chi connectivity index (χ3v) is 4.17. The maximum atomic E-state index is 11.0. The van der Waals surface area contributed by atoms with Crippen LogP contribution in [0.15, 0.2) is 60.7 Å². The number of carboxylic acids is 1. The first-order valence-corrected chi connectivity index (χ1v) is 7.42. The van der Waals surface area contributed by atoms with E-state index >= 15 is 0 Å². The molecule has 114 valence electrons. The number of benzene rings is 3. The maximum absolute atomic E-state index is 11.0. The maximum Gasteiger partial charge on any atom is 0.161 e. The molecule has 1 heterocycles. The number of hydrogen-bond acceptors (Lipinski definition) is 4. The van der Waals surface area contributed by atoms with E-state index in [1.54, 1.807) is 12.1 Å². The zero-order chi connectivity index (χ0) is 15.8. The van der Waals surface area contributed by atoms with Crippen molar-refractivity contribution in [2.45, 2.75) is 6.54 Å². The van der Waals surface area contributed by atoms with Crippen molar-refractivity contribution in [2.75, 3.05) is 11.6 Å². The van der Waals surface area contributed by atoms with Crippen molar-refractivity contribution in [3.63, 3.8) is 0 Å². The summed E-state index contributed by atoms with van der Waals surface area (Å²) < 4.78 is 5.86. The lowest BCUT2D eigenvalue weighted by Gasteiger charge is -2.31. The lowest BCUT2D eigenvalue weighted by molar-refractivity contribution is -0.255. The van der Waals surface area contributed by atoms with E-state index in [1.807, 2.05) is 29.2 Å². The van der Waals surface area contributed by atoms with Gasteiger partial charge in [0.2, 0.25) is 0 Å². The number of aromatic carboxylic acids is 1. The number of carbonyl (C=O) groups is 1. The van der Waals surface area contributed by atoms with Gasteiger partial charge >= 0.3 is 0 Å². The molecule has 0 aromatic heterocycles. The standard InChI is InChI=1S/C19H15NO3/c21-19(22)14-5-3-6-15(10-14)20-11-17-16-7-2-1-4-13(16)8-9-18(17)23-12-20/h1-10H,11-12H2,(H,21,22)/p-1. The van der Waals surface area contributed by atoms with E-state index in [4.69, 9.17) is 4.74 Å². The van der Waals surface area contributed by atoms with Crippen LogP contribution in [0.25, 0.3) is 10.8 Å². The van der Waals surface area contributed by atoms with Crippen LogP contribution in [0, 0.1) is 0 Å². The SMILES string of the molecule is O=C([O-])c1cccc(N2COc3ccc4ccccc4c3C2)c1. The highest BCUT2D eigenvalue weighted by Crippen LogP contribution is 2.34. The van der Waals surface area contributed by atoms with Gasteiger partial charge in [0.05, 0.1) is 12.5 Å². The fraction of sp³-hybridized carbons (Fsp3) is 0.105. The number of fused-ring (bicyclic) bond motifs is 3. The zero-order valence-electron chi connectivity index (χ0n) is 12.4. The lowest BCUT2D eigenvalue weighted by atomic mass is 10.0. The number of nitrogens with zero attached hydrogens (tertiary/aromatic N) is 1. The highest BCUT2D eigenvalue weighted by atomic mass is 16.5. The number of carbonyl (C=O) groups excluding carboxylic acids is 1. The van der Waals surface area contributed by atoms with Gasteiger partial charge in [-0.15, -0.1) is 0 Å². The summed E-state index contributed by atoms with van der Waals surface area (Å²) >= 11 is 0. The van der Waals surface area contributed by atoms with Gasteiger partial charge in [-0.3, -0.25) is 0 Å². The normalized spacial score (nSPS) is 13.5. The summed E-state index contributed by atoms with van der Waals surface area (Å²) in [7, 11) is 0. The average Bonchev–Trinajstić information content (AvgIpc) is 2.61. The van der Waals surface area contributed by atoms with Crippen LogP contribution in [0.4, 0.5) is 5.69 Å². The predicted molar refractivity (Wildman–Crippen MR) is 86.4 cm³/mol. The van der Waals surface area contributed by atoms with Gasteiger partial charge in [-0.25, -0.2) is 0 Å². The largest absolute Gasteiger partial charge is 0.545 e. The molecule has 1 aliphatic heterocycles. The van der Waals surface area contributed by atoms with Gasteiger partial charge in [0.1, 0.15) is 5.75 Å². The van der Waals surface area contributed by atoms with Crippen LogP contribution in [0.3, 0.4) is 0 Å². The molecule has 3 aromatic rings. The molecule has 0 unspecified atom stereocenters. The van der Waals surface area contributed by atoms with Crippen LogP contribution in [0.5, 0.6) is 5.75 Å². The molecule has 0 fully saturated rings. The molecule has 0 radical (unpaired) electrons. The Balaban J connectivity index is 1.75. The minimum absolute atomic E-state index is 0.172. The molecule has 0 saturated carbocycles. The van der Waals surface area contributed by atoms with E-state index in [0.717, 1.165) is 22.4 Å². The Hall–Kier alpha value is -3.01. The monoisotopic (exact) mass is 304 g/mol. The van der Waals surface area contributed by atoms with Gasteiger partial charge in [0, 0.05) is 11.3 Å². The van der Waals surface area contributed by atoms with Gasteiger partial charge in [-0.2, -0.15) is 0 Å². The van der Waals surface area contributed by atoms with E-state index in [1.165, 1.54) is 11.5 Å². The highest BCUT2D eigenvalue weighted by Gasteiger charge is 2.20. The fourth-order valence-electron chi connectivity index (χ4n) is 2.99. The summed E-state index contributed by atoms with van der Waals surface area (Å²) in [6.07, 6.45) is 0. The molecule has 4 rings (SSSR count). The van der Waals surface area contributed by atoms with Gasteiger partial charge in [0.15, 0.2) is 6.73 Å². The van der Waals surface area contributed by atoms with Crippen molar-refractivity contribution in [1.29, 1.82) is 0 Å². The van der Waals surface area contributed by atoms with Crippen LogP contribution in [0.2, 0.25) is 0 Å². The van der Waals surface area contributed by atoms with Crippen molar-refractivity contribution in [1.82, 2.24) is 0 Å². The van der Waals surface area contributed by atoms with Gasteiger partial charge in [0.25, 0.3) is 0 Å². The van der Waals surface area contributed by atoms with Crippen molar-refractivity contribution in [3.8, 4) is 5.75 Å². The van der Waals surface area contributed by atoms with Crippen LogP contribution >= 0.6 is 0 Å². The molecule has 3 aromatic carbocycles. The molecule has 0 bridgehead atoms. The Morgan fingerprint density at radius 2 is 1.91 bits per heavy atom. The molecule has 1 aliphatic rings. The van der Waals surface area contributed by atoms with Gasteiger partial charge in [-0.05, 0) is 34.5 Å². The van der Waals surface area contributed by atoms with Crippen LogP contribution in [0.1, 0.15) is 15.9 Å². The Kier molecular flexibility index (Phi) is 3.15. The first kappa shape index (κ1) is 13.6. The van der Waals surface area contributed by atoms with E-state index < -0.39 is 5.97 Å². The Morgan fingerprint density at radius 3 is 2.78 bits per heavy atom. The van der Waals surface area contributed by atoms with Crippen molar-refractivity contribution >= 4 is 22.4 Å². The molecule has 0 aliphatic carbocycles. The van der Waals surface area contributed by atoms with Crippen molar-refractivity contribution < 1.29 is 14.6 Å². The van der Waals surface area contributed by atoms with Gasteiger partial charge in [-0.1, -0.05) is 42.5 Å². The summed E-state index contributed by atoms with van der Waals surface area (Å²) in [6.45, 7) is 1.06. The second-order valence-electron chi connectivity index (χ2n) is 5.57. The zero-order valence-corrected chi connectivity index (χ0v) is 12.4. The molecule has 0 saturated heterocycles. The quantitative estimate of drug-likeness (QED) is 0.730. The van der Waals surface area contributed by atoms with Crippen molar-refractivity contribution in [2.24, 2.45) is 0 Å². The number of rotatable bonds is 2. The molecular weight excluding hydrogens is 290 g/mol. The summed E-state index contributed by atoms with van der Waals surface area (Å²) in [6, 6.07) is 19.0. The first-order chi connectivity index (χ1) is 11.2. The molecule has 4 heteroatoms. The molecule has 0 spiro atoms. The minimum Gasteiger partial charge on any atom is -0.545 e. The van der Waals surface area contributed by atoms with Crippen LogP contribution < -0.4 is 14.7 Å². The van der Waals surface area contributed by atoms with E-state index in [2.05, 4.69) is 18.2 Å². The first-order valence-electron chi connectivity index (χ1n) is 7.42. The molecular formula is C19H14NO3-. The average molecular weight is 304 g/mol. The number of anilines is 1. The lowest BCUT2D eigenvalue weighted by Crippen LogP contribution is -2.32. The predicted octanol–water partition coefficient (Wildman–Crippen LogP) is 2.56. The number of ether oxygens (including phenoxy) is 1. The molecule has 0 atom stereocenters. The van der Waals surface area contributed by atoms with Gasteiger partial charge < -0.3 is 19.5 Å². The third-order valence-electron chi connectivity index (χ3n) is 4.17. The van der Waals surface area contributed by atoms with Crippen LogP contribution in [-0.2, 0) is 6.54 Å². The Morgan fingerprint density at radius 1 is 1.04 bits per heavy atom. The second kappa shape index (κ2) is 5.32. The molecule has 4 nitrogen and oxygen atoms in total. The summed E-state index contributed by atoms with van der Waals surface area (Å²) in [5, 5.41) is 13.4. The van der Waals surface area contributed by atoms with Crippen molar-refractivity contribution in [3.05, 3.63) is 71.8 Å². The summed E-state index contributed by atoms with van der Waals surface area (Å²) in [5.41, 5.74) is 2.10. The Bertz CT molecular complexity index is 904. The third kappa shape index (κ3) is 2.38. The van der Waals surface area contributed by atoms with E-state index in [0.29, 0.717) is 13.3 Å². The molecule has 23 heavy (non-hydrogen) atoms. The van der Waals surface area contributed by atoms with E-state index in [9.17, 15) is 9.90 Å². The summed E-state index contributed by atoms with van der Waals surface area (Å²) in [4.78, 5) is 13.1. The molecule has 0 N–H and O–H groups in total. The summed E-state index contributed by atoms with van der Waals surface area (Å²) in [5.74, 6) is -0.286. The van der Waals surface area contributed by atoms with Crippen LogP contribution in [-0.4, -0.2) is 12.7 Å². The second-order valence-corrected chi connectivity index (χ2v) is 5.57. The fourth-order valence-corrected chi connectivity index (χ4v) is 2.99. The smallest absolute Gasteiger partial charge is 0.161 e. The Labute approximate surface area is 133 Å². The van der Waals surface area contributed by atoms with E-state index in [-0.39, 0.29) is 5.56 Å². The highest BCUT2D eigenvalue weighted by molar-refractivity contribution is 5.89. The number of hydrogen-bond donors (Lipinski definition) is 0. The molecule has 0 amide bonds.